The molecular formula is C12H19NO4. The van der Waals surface area contributed by atoms with Crippen molar-refractivity contribution in [2.75, 3.05) is 20.8 Å². The van der Waals surface area contributed by atoms with Crippen LogP contribution in [0.25, 0.3) is 0 Å². The molecule has 0 radical (unpaired) electrons. The Morgan fingerprint density at radius 3 is 2.18 bits per heavy atom. The van der Waals surface area contributed by atoms with E-state index in [9.17, 15) is 9.59 Å². The second-order valence-corrected chi connectivity index (χ2v) is 3.88. The molecule has 0 saturated heterocycles. The van der Waals surface area contributed by atoms with Crippen molar-refractivity contribution in [1.82, 2.24) is 5.32 Å². The van der Waals surface area contributed by atoms with Crippen molar-refractivity contribution in [3.05, 3.63) is 24.3 Å². The Morgan fingerprint density at radius 1 is 1.12 bits per heavy atom. The van der Waals surface area contributed by atoms with E-state index in [-0.39, 0.29) is 5.54 Å². The summed E-state index contributed by atoms with van der Waals surface area (Å²) in [6.45, 7) is 4.30. The van der Waals surface area contributed by atoms with E-state index in [4.69, 9.17) is 0 Å². The van der Waals surface area contributed by atoms with Gasteiger partial charge in [-0.25, -0.2) is 9.59 Å². The number of carbonyl (C=O) groups is 2. The van der Waals surface area contributed by atoms with E-state index in [1.54, 1.807) is 12.2 Å². The molecule has 5 heteroatoms. The van der Waals surface area contributed by atoms with Gasteiger partial charge >= 0.3 is 11.9 Å². The molecule has 0 heterocycles. The number of ether oxygens (including phenoxy) is 2. The lowest BCUT2D eigenvalue weighted by atomic mass is 10.1. The molecular weight excluding hydrogens is 222 g/mol. The van der Waals surface area contributed by atoms with Crippen LogP contribution in [-0.4, -0.2) is 38.2 Å². The quantitative estimate of drug-likeness (QED) is 0.551. The molecule has 5 nitrogen and oxygen atoms in total. The molecule has 0 fully saturated rings. The third kappa shape index (κ3) is 8.21. The van der Waals surface area contributed by atoms with Crippen molar-refractivity contribution < 1.29 is 19.1 Å². The summed E-state index contributed by atoms with van der Waals surface area (Å²) in [6, 6.07) is 0. The maximum Gasteiger partial charge on any atom is 0.330 e. The van der Waals surface area contributed by atoms with Gasteiger partial charge in [-0.3, -0.25) is 0 Å². The average molecular weight is 241 g/mol. The fourth-order valence-electron chi connectivity index (χ4n) is 0.949. The Morgan fingerprint density at radius 2 is 1.65 bits per heavy atom. The molecule has 0 bridgehead atoms. The van der Waals surface area contributed by atoms with Gasteiger partial charge in [0.15, 0.2) is 0 Å². The highest BCUT2D eigenvalue weighted by atomic mass is 16.5. The molecule has 17 heavy (non-hydrogen) atoms. The normalized spacial score (nSPS) is 12.0. The Hall–Kier alpha value is -1.62. The zero-order valence-electron chi connectivity index (χ0n) is 10.6. The summed E-state index contributed by atoms with van der Waals surface area (Å²) in [5.74, 6) is -0.792. The van der Waals surface area contributed by atoms with Crippen molar-refractivity contribution in [1.29, 1.82) is 0 Å². The van der Waals surface area contributed by atoms with Gasteiger partial charge in [0.1, 0.15) is 0 Å². The minimum absolute atomic E-state index is 0.366. The van der Waals surface area contributed by atoms with Gasteiger partial charge in [-0.15, -0.1) is 0 Å². The molecule has 0 atom stereocenters. The first-order valence-corrected chi connectivity index (χ1v) is 5.18. The standard InChI is InChI=1S/C12H19NO4/c1-12(2,8-7-11(15)17-4)13-9-5-6-10(14)16-3/h5-8,13H,9H2,1-4H3/b6-5+,8-7+. The topological polar surface area (TPSA) is 64.6 Å². The van der Waals surface area contributed by atoms with Crippen LogP contribution in [-0.2, 0) is 19.1 Å². The summed E-state index contributed by atoms with van der Waals surface area (Å²) >= 11 is 0. The van der Waals surface area contributed by atoms with E-state index < -0.39 is 11.9 Å². The SMILES string of the molecule is COC(=O)/C=C/CNC(C)(C)/C=C/C(=O)OC. The molecule has 1 N–H and O–H groups in total. The van der Waals surface area contributed by atoms with E-state index >= 15 is 0 Å². The van der Waals surface area contributed by atoms with Gasteiger partial charge in [0.2, 0.25) is 0 Å². The summed E-state index contributed by atoms with van der Waals surface area (Å²) in [4.78, 5) is 21.7. The van der Waals surface area contributed by atoms with Crippen molar-refractivity contribution in [2.45, 2.75) is 19.4 Å². The number of hydrogen-bond donors (Lipinski definition) is 1. The molecule has 0 aliphatic carbocycles. The highest BCUT2D eigenvalue weighted by Gasteiger charge is 2.11. The van der Waals surface area contributed by atoms with Gasteiger partial charge in [0.05, 0.1) is 14.2 Å². The maximum absolute atomic E-state index is 10.9. The Labute approximate surface area is 101 Å². The van der Waals surface area contributed by atoms with Crippen LogP contribution >= 0.6 is 0 Å². The molecule has 0 aromatic heterocycles. The number of rotatable bonds is 6. The lowest BCUT2D eigenvalue weighted by molar-refractivity contribution is -0.135. The molecule has 0 aromatic rings. The maximum atomic E-state index is 10.9. The Balaban J connectivity index is 4.10. The van der Waals surface area contributed by atoms with Crippen LogP contribution in [0.4, 0.5) is 0 Å². The second kappa shape index (κ2) is 7.62. The smallest absolute Gasteiger partial charge is 0.330 e. The third-order valence-electron chi connectivity index (χ3n) is 1.97. The van der Waals surface area contributed by atoms with Crippen LogP contribution in [0, 0.1) is 0 Å². The monoisotopic (exact) mass is 241 g/mol. The van der Waals surface area contributed by atoms with Gasteiger partial charge in [0.25, 0.3) is 0 Å². The fraction of sp³-hybridized carbons (Fsp3) is 0.500. The van der Waals surface area contributed by atoms with E-state index in [2.05, 4.69) is 14.8 Å². The minimum Gasteiger partial charge on any atom is -0.466 e. The van der Waals surface area contributed by atoms with E-state index in [1.807, 2.05) is 13.8 Å². The number of nitrogens with one attached hydrogen (secondary N) is 1. The van der Waals surface area contributed by atoms with Crippen LogP contribution in [0.1, 0.15) is 13.8 Å². The largest absolute Gasteiger partial charge is 0.466 e. The van der Waals surface area contributed by atoms with Crippen molar-refractivity contribution in [3.63, 3.8) is 0 Å². The molecule has 0 amide bonds. The molecule has 0 rings (SSSR count). The molecule has 0 aromatic carbocycles. The molecule has 96 valence electrons. The highest BCUT2D eigenvalue weighted by molar-refractivity contribution is 5.82. The molecule has 0 saturated carbocycles. The Bertz CT molecular complexity index is 318. The summed E-state index contributed by atoms with van der Waals surface area (Å²) in [7, 11) is 2.65. The average Bonchev–Trinajstić information content (AvgIpc) is 2.31. The summed E-state index contributed by atoms with van der Waals surface area (Å²) in [5.41, 5.74) is -0.366. The molecule has 0 aliphatic rings. The van der Waals surface area contributed by atoms with Gasteiger partial charge in [-0.2, -0.15) is 0 Å². The summed E-state index contributed by atoms with van der Waals surface area (Å²) in [5, 5.41) is 3.13. The predicted octanol–water partition coefficient (Wildman–Crippen LogP) is 0.813. The van der Waals surface area contributed by atoms with E-state index in [0.29, 0.717) is 6.54 Å². The van der Waals surface area contributed by atoms with Gasteiger partial charge in [-0.05, 0) is 13.8 Å². The molecule has 0 unspecified atom stereocenters. The number of hydrogen-bond acceptors (Lipinski definition) is 5. The van der Waals surface area contributed by atoms with Crippen LogP contribution in [0.5, 0.6) is 0 Å². The fourth-order valence-corrected chi connectivity index (χ4v) is 0.949. The summed E-state index contributed by atoms with van der Waals surface area (Å²) in [6.07, 6.45) is 6.05. The predicted molar refractivity (Wildman–Crippen MR) is 64.4 cm³/mol. The number of methoxy groups -OCH3 is 2. The first-order chi connectivity index (χ1) is 7.91. The summed E-state index contributed by atoms with van der Waals surface area (Å²) < 4.78 is 8.94. The minimum atomic E-state index is -0.398. The van der Waals surface area contributed by atoms with Gasteiger partial charge in [-0.1, -0.05) is 12.2 Å². The van der Waals surface area contributed by atoms with E-state index in [0.717, 1.165) is 0 Å². The Kier molecular flexibility index (Phi) is 6.89. The van der Waals surface area contributed by atoms with E-state index in [1.165, 1.54) is 26.4 Å². The third-order valence-corrected chi connectivity index (χ3v) is 1.97. The second-order valence-electron chi connectivity index (χ2n) is 3.88. The van der Waals surface area contributed by atoms with Crippen molar-refractivity contribution in [2.24, 2.45) is 0 Å². The van der Waals surface area contributed by atoms with Crippen molar-refractivity contribution >= 4 is 11.9 Å². The zero-order valence-corrected chi connectivity index (χ0v) is 10.6. The van der Waals surface area contributed by atoms with Gasteiger partial charge < -0.3 is 14.8 Å². The number of esters is 2. The van der Waals surface area contributed by atoms with Crippen LogP contribution in [0.2, 0.25) is 0 Å². The van der Waals surface area contributed by atoms with Gasteiger partial charge in [0, 0.05) is 24.2 Å². The number of carbonyl (C=O) groups excluding carboxylic acids is 2. The lowest BCUT2D eigenvalue weighted by Crippen LogP contribution is -2.37. The first kappa shape index (κ1) is 15.4. The van der Waals surface area contributed by atoms with Crippen molar-refractivity contribution in [3.8, 4) is 0 Å². The van der Waals surface area contributed by atoms with Crippen LogP contribution in [0.3, 0.4) is 0 Å². The van der Waals surface area contributed by atoms with Crippen LogP contribution in [0.15, 0.2) is 24.3 Å². The highest BCUT2D eigenvalue weighted by Crippen LogP contribution is 2.03. The first-order valence-electron chi connectivity index (χ1n) is 5.18. The lowest BCUT2D eigenvalue weighted by Gasteiger charge is -2.21. The zero-order chi connectivity index (χ0) is 13.3. The molecule has 0 aliphatic heterocycles. The van der Waals surface area contributed by atoms with Crippen LogP contribution < -0.4 is 5.32 Å². The molecule has 0 spiro atoms.